The fraction of sp³-hybridized carbons (Fsp3) is 0.875. The second-order valence-corrected chi connectivity index (χ2v) is 6.04. The van der Waals surface area contributed by atoms with E-state index in [1.54, 1.807) is 0 Å². The number of rotatable bonds is 9. The Morgan fingerprint density at radius 2 is 1.90 bits per heavy atom. The average Bonchev–Trinajstić information content (AvgIpc) is 2.43. The van der Waals surface area contributed by atoms with Crippen molar-refractivity contribution >= 4 is 11.9 Å². The van der Waals surface area contributed by atoms with E-state index in [0.29, 0.717) is 18.8 Å². The summed E-state index contributed by atoms with van der Waals surface area (Å²) in [6.07, 6.45) is 10.5. The fourth-order valence-electron chi connectivity index (χ4n) is 3.01. The third kappa shape index (κ3) is 7.51. The summed E-state index contributed by atoms with van der Waals surface area (Å²) in [5.74, 6) is -0.0338. The van der Waals surface area contributed by atoms with E-state index in [-0.39, 0.29) is 18.4 Å². The lowest BCUT2D eigenvalue weighted by molar-refractivity contribution is -0.137. The summed E-state index contributed by atoms with van der Waals surface area (Å²) in [7, 11) is 0. The molecule has 1 aliphatic rings. The molecule has 0 radical (unpaired) electrons. The molecule has 1 unspecified atom stereocenters. The predicted molar refractivity (Wildman–Crippen MR) is 79.5 cm³/mol. The predicted octanol–water partition coefficient (Wildman–Crippen LogP) is 3.50. The Labute approximate surface area is 122 Å². The summed E-state index contributed by atoms with van der Waals surface area (Å²) in [6, 6.07) is 0.0403. The molecule has 2 N–H and O–H groups in total. The number of carboxylic acid groups (broad SMARTS) is 1. The summed E-state index contributed by atoms with van der Waals surface area (Å²) in [5, 5.41) is 11.9. The molecule has 0 aliphatic heterocycles. The van der Waals surface area contributed by atoms with Crippen molar-refractivity contribution in [3.05, 3.63) is 0 Å². The zero-order valence-electron chi connectivity index (χ0n) is 12.7. The summed E-state index contributed by atoms with van der Waals surface area (Å²) >= 11 is 0. The quantitative estimate of drug-likeness (QED) is 0.680. The maximum Gasteiger partial charge on any atom is 0.303 e. The highest BCUT2D eigenvalue weighted by atomic mass is 16.4. The normalized spacial score (nSPS) is 17.6. The third-order valence-electron chi connectivity index (χ3n) is 4.17. The second kappa shape index (κ2) is 9.78. The standard InChI is InChI=1S/C16H29NO3/c1-2-3-9-15(18)17-14(10-11-16(19)20)12-13-7-5-4-6-8-13/h13-14H,2-12H2,1H3,(H,17,18)(H,19,20). The van der Waals surface area contributed by atoms with E-state index < -0.39 is 5.97 Å². The zero-order chi connectivity index (χ0) is 14.8. The molecule has 0 aromatic carbocycles. The highest BCUT2D eigenvalue weighted by Crippen LogP contribution is 2.28. The highest BCUT2D eigenvalue weighted by Gasteiger charge is 2.20. The Bertz CT molecular complexity index is 298. The summed E-state index contributed by atoms with van der Waals surface area (Å²) < 4.78 is 0. The molecular weight excluding hydrogens is 254 g/mol. The van der Waals surface area contributed by atoms with E-state index in [1.807, 2.05) is 0 Å². The summed E-state index contributed by atoms with van der Waals surface area (Å²) in [6.45, 7) is 2.07. The van der Waals surface area contributed by atoms with Crippen molar-refractivity contribution in [2.75, 3.05) is 0 Å². The first kappa shape index (κ1) is 17.0. The van der Waals surface area contributed by atoms with Crippen LogP contribution in [0.15, 0.2) is 0 Å². The smallest absolute Gasteiger partial charge is 0.303 e. The third-order valence-corrected chi connectivity index (χ3v) is 4.17. The monoisotopic (exact) mass is 283 g/mol. The van der Waals surface area contributed by atoms with Gasteiger partial charge in [-0.05, 0) is 25.2 Å². The Hall–Kier alpha value is -1.06. The summed E-state index contributed by atoms with van der Waals surface area (Å²) in [5.41, 5.74) is 0. The molecule has 0 spiro atoms. The number of aliphatic carboxylic acids is 1. The number of nitrogens with one attached hydrogen (secondary N) is 1. The van der Waals surface area contributed by atoms with Crippen LogP contribution in [-0.4, -0.2) is 23.0 Å². The van der Waals surface area contributed by atoms with Crippen LogP contribution in [-0.2, 0) is 9.59 Å². The van der Waals surface area contributed by atoms with E-state index >= 15 is 0 Å². The molecule has 1 fully saturated rings. The largest absolute Gasteiger partial charge is 0.481 e. The van der Waals surface area contributed by atoms with Gasteiger partial charge in [-0.15, -0.1) is 0 Å². The van der Waals surface area contributed by atoms with Crippen LogP contribution in [0.4, 0.5) is 0 Å². The number of hydrogen-bond donors (Lipinski definition) is 2. The van der Waals surface area contributed by atoms with Crippen molar-refractivity contribution in [1.29, 1.82) is 0 Å². The maximum atomic E-state index is 11.8. The number of carbonyl (C=O) groups is 2. The van der Waals surface area contributed by atoms with Crippen LogP contribution in [0.3, 0.4) is 0 Å². The molecule has 1 aliphatic carbocycles. The average molecular weight is 283 g/mol. The van der Waals surface area contributed by atoms with Crippen molar-refractivity contribution in [3.63, 3.8) is 0 Å². The molecule has 4 nitrogen and oxygen atoms in total. The van der Waals surface area contributed by atoms with Crippen molar-refractivity contribution in [3.8, 4) is 0 Å². The van der Waals surface area contributed by atoms with Gasteiger partial charge < -0.3 is 10.4 Å². The summed E-state index contributed by atoms with van der Waals surface area (Å²) in [4.78, 5) is 22.6. The Morgan fingerprint density at radius 3 is 2.50 bits per heavy atom. The number of carboxylic acids is 1. The Balaban J connectivity index is 2.40. The van der Waals surface area contributed by atoms with Gasteiger partial charge in [0.1, 0.15) is 0 Å². The van der Waals surface area contributed by atoms with Crippen LogP contribution in [0.1, 0.15) is 77.6 Å². The molecule has 0 heterocycles. The minimum Gasteiger partial charge on any atom is -0.481 e. The van der Waals surface area contributed by atoms with Gasteiger partial charge in [-0.25, -0.2) is 0 Å². The van der Waals surface area contributed by atoms with Crippen molar-refractivity contribution in [2.24, 2.45) is 5.92 Å². The first-order valence-corrected chi connectivity index (χ1v) is 8.13. The van der Waals surface area contributed by atoms with E-state index in [0.717, 1.165) is 19.3 Å². The van der Waals surface area contributed by atoms with E-state index in [1.165, 1.54) is 32.1 Å². The van der Waals surface area contributed by atoms with Gasteiger partial charge in [-0.3, -0.25) is 9.59 Å². The van der Waals surface area contributed by atoms with Crippen LogP contribution in [0, 0.1) is 5.92 Å². The SMILES string of the molecule is CCCCC(=O)NC(CCC(=O)O)CC1CCCCC1. The topological polar surface area (TPSA) is 66.4 Å². The van der Waals surface area contributed by atoms with Gasteiger partial charge in [0, 0.05) is 18.9 Å². The molecule has 0 bridgehead atoms. The highest BCUT2D eigenvalue weighted by molar-refractivity contribution is 5.76. The van der Waals surface area contributed by atoms with Crippen molar-refractivity contribution in [1.82, 2.24) is 5.32 Å². The van der Waals surface area contributed by atoms with Gasteiger partial charge in [0.2, 0.25) is 5.91 Å². The zero-order valence-corrected chi connectivity index (χ0v) is 12.7. The Kier molecular flexibility index (Phi) is 8.31. The van der Waals surface area contributed by atoms with Gasteiger partial charge in [0.25, 0.3) is 0 Å². The lowest BCUT2D eigenvalue weighted by atomic mass is 9.84. The van der Waals surface area contributed by atoms with Crippen molar-refractivity contribution in [2.45, 2.75) is 83.6 Å². The number of amides is 1. The minimum atomic E-state index is -0.776. The first-order valence-electron chi connectivity index (χ1n) is 8.13. The lowest BCUT2D eigenvalue weighted by Gasteiger charge is -2.27. The van der Waals surface area contributed by atoms with E-state index in [2.05, 4.69) is 12.2 Å². The second-order valence-electron chi connectivity index (χ2n) is 6.04. The molecule has 1 atom stereocenters. The molecule has 20 heavy (non-hydrogen) atoms. The fourth-order valence-corrected chi connectivity index (χ4v) is 3.01. The van der Waals surface area contributed by atoms with E-state index in [9.17, 15) is 9.59 Å². The van der Waals surface area contributed by atoms with Crippen LogP contribution < -0.4 is 5.32 Å². The lowest BCUT2D eigenvalue weighted by Crippen LogP contribution is -2.37. The van der Waals surface area contributed by atoms with E-state index in [4.69, 9.17) is 5.11 Å². The van der Waals surface area contributed by atoms with Crippen LogP contribution in [0.2, 0.25) is 0 Å². The Morgan fingerprint density at radius 1 is 1.20 bits per heavy atom. The van der Waals surface area contributed by atoms with Gasteiger partial charge >= 0.3 is 5.97 Å². The van der Waals surface area contributed by atoms with Crippen molar-refractivity contribution < 1.29 is 14.7 Å². The molecular formula is C16H29NO3. The molecule has 0 aromatic heterocycles. The molecule has 1 amide bonds. The maximum absolute atomic E-state index is 11.8. The number of hydrogen-bond acceptors (Lipinski definition) is 2. The van der Waals surface area contributed by atoms with Crippen LogP contribution in [0.5, 0.6) is 0 Å². The molecule has 0 aromatic rings. The van der Waals surface area contributed by atoms with Crippen LogP contribution >= 0.6 is 0 Å². The van der Waals surface area contributed by atoms with Gasteiger partial charge in [-0.1, -0.05) is 45.4 Å². The molecule has 116 valence electrons. The van der Waals surface area contributed by atoms with Gasteiger partial charge in [0.15, 0.2) is 0 Å². The molecule has 1 rings (SSSR count). The molecule has 0 saturated heterocycles. The van der Waals surface area contributed by atoms with Gasteiger partial charge in [0.05, 0.1) is 0 Å². The first-order chi connectivity index (χ1) is 9.61. The van der Waals surface area contributed by atoms with Crippen LogP contribution in [0.25, 0.3) is 0 Å². The molecule has 4 heteroatoms. The number of carbonyl (C=O) groups excluding carboxylic acids is 1. The van der Waals surface area contributed by atoms with Gasteiger partial charge in [-0.2, -0.15) is 0 Å². The molecule has 1 saturated carbocycles. The minimum absolute atomic E-state index is 0.0403. The number of unbranched alkanes of at least 4 members (excludes halogenated alkanes) is 1.